The summed E-state index contributed by atoms with van der Waals surface area (Å²) in [6.07, 6.45) is -0.708. The van der Waals surface area contributed by atoms with Gasteiger partial charge in [-0.1, -0.05) is 17.7 Å². The highest BCUT2D eigenvalue weighted by atomic mass is 35.5. The first-order chi connectivity index (χ1) is 6.02. The molecular formula is C9H11ClFNO. The van der Waals surface area contributed by atoms with E-state index in [0.29, 0.717) is 5.56 Å². The second-order valence-electron chi connectivity index (χ2n) is 2.94. The van der Waals surface area contributed by atoms with Gasteiger partial charge in [-0.05, 0) is 24.6 Å². The molecule has 0 bridgehead atoms. The zero-order valence-corrected chi connectivity index (χ0v) is 7.92. The largest absolute Gasteiger partial charge is 0.391 e. The van der Waals surface area contributed by atoms with Crippen LogP contribution >= 0.6 is 11.6 Å². The lowest BCUT2D eigenvalue weighted by molar-refractivity contribution is 0.164. The number of aliphatic hydroxyl groups excluding tert-OH is 1. The fraction of sp³-hybridized carbons (Fsp3) is 0.333. The average Bonchev–Trinajstić information content (AvgIpc) is 2.08. The van der Waals surface area contributed by atoms with Crippen LogP contribution in [0, 0.1) is 5.82 Å². The highest BCUT2D eigenvalue weighted by molar-refractivity contribution is 6.30. The van der Waals surface area contributed by atoms with E-state index in [0.717, 1.165) is 0 Å². The highest BCUT2D eigenvalue weighted by Gasteiger charge is 2.13. The van der Waals surface area contributed by atoms with E-state index in [1.165, 1.54) is 12.1 Å². The smallest absolute Gasteiger partial charge is 0.142 e. The first-order valence-corrected chi connectivity index (χ1v) is 4.28. The number of hydrogen-bond acceptors (Lipinski definition) is 2. The fourth-order valence-corrected chi connectivity index (χ4v) is 1.12. The van der Waals surface area contributed by atoms with E-state index >= 15 is 0 Å². The standard InChI is InChI=1S/C9H11ClFNO/c1-5(13)9(12)6-2-3-7(10)8(11)4-6/h2-5,9,13H,12H2,1H3/t5?,9-/m1/s1. The Hall–Kier alpha value is -0.640. The zero-order valence-electron chi connectivity index (χ0n) is 7.17. The summed E-state index contributed by atoms with van der Waals surface area (Å²) >= 11 is 5.49. The van der Waals surface area contributed by atoms with Crippen molar-refractivity contribution in [1.82, 2.24) is 0 Å². The van der Waals surface area contributed by atoms with Gasteiger partial charge in [-0.3, -0.25) is 0 Å². The number of rotatable bonds is 2. The van der Waals surface area contributed by atoms with Crippen molar-refractivity contribution in [2.75, 3.05) is 0 Å². The topological polar surface area (TPSA) is 46.2 Å². The van der Waals surface area contributed by atoms with E-state index in [1.807, 2.05) is 0 Å². The van der Waals surface area contributed by atoms with Crippen LogP contribution in [0.3, 0.4) is 0 Å². The maximum absolute atomic E-state index is 12.9. The Morgan fingerprint density at radius 3 is 2.62 bits per heavy atom. The Labute approximate surface area is 81.1 Å². The molecule has 0 amide bonds. The molecule has 1 rings (SSSR count). The van der Waals surface area contributed by atoms with Gasteiger partial charge in [0, 0.05) is 0 Å². The normalized spacial score (nSPS) is 15.5. The summed E-state index contributed by atoms with van der Waals surface area (Å²) in [6, 6.07) is 3.68. The lowest BCUT2D eigenvalue weighted by Gasteiger charge is -2.14. The Balaban J connectivity index is 2.97. The predicted molar refractivity (Wildman–Crippen MR) is 50.0 cm³/mol. The van der Waals surface area contributed by atoms with Crippen molar-refractivity contribution in [1.29, 1.82) is 0 Å². The third kappa shape index (κ3) is 2.40. The van der Waals surface area contributed by atoms with Crippen LogP contribution < -0.4 is 5.73 Å². The molecule has 2 atom stereocenters. The second-order valence-corrected chi connectivity index (χ2v) is 3.35. The number of halogens is 2. The van der Waals surface area contributed by atoms with Gasteiger partial charge in [-0.2, -0.15) is 0 Å². The van der Waals surface area contributed by atoms with Gasteiger partial charge < -0.3 is 10.8 Å². The Kier molecular flexibility index (Phi) is 3.25. The van der Waals surface area contributed by atoms with Gasteiger partial charge in [0.1, 0.15) is 5.82 Å². The molecule has 0 spiro atoms. The molecule has 0 aromatic heterocycles. The van der Waals surface area contributed by atoms with E-state index in [-0.39, 0.29) is 5.02 Å². The third-order valence-electron chi connectivity index (χ3n) is 1.85. The van der Waals surface area contributed by atoms with Gasteiger partial charge >= 0.3 is 0 Å². The Morgan fingerprint density at radius 1 is 1.54 bits per heavy atom. The van der Waals surface area contributed by atoms with Crippen LogP contribution in [0.2, 0.25) is 5.02 Å². The molecule has 13 heavy (non-hydrogen) atoms. The molecule has 2 nitrogen and oxygen atoms in total. The van der Waals surface area contributed by atoms with Crippen molar-refractivity contribution in [3.8, 4) is 0 Å². The van der Waals surface area contributed by atoms with E-state index in [2.05, 4.69) is 0 Å². The van der Waals surface area contributed by atoms with Crippen molar-refractivity contribution in [3.63, 3.8) is 0 Å². The zero-order chi connectivity index (χ0) is 10.0. The molecule has 72 valence electrons. The van der Waals surface area contributed by atoms with Gasteiger partial charge in [0.2, 0.25) is 0 Å². The summed E-state index contributed by atoms with van der Waals surface area (Å²) in [5.74, 6) is -0.518. The number of benzene rings is 1. The molecule has 1 aromatic rings. The highest BCUT2D eigenvalue weighted by Crippen LogP contribution is 2.20. The molecule has 0 saturated carbocycles. The van der Waals surface area contributed by atoms with Crippen LogP contribution in [0.15, 0.2) is 18.2 Å². The molecular weight excluding hydrogens is 193 g/mol. The second kappa shape index (κ2) is 4.05. The molecule has 0 saturated heterocycles. The van der Waals surface area contributed by atoms with Crippen LogP contribution in [0.4, 0.5) is 4.39 Å². The molecule has 0 fully saturated rings. The van der Waals surface area contributed by atoms with Gasteiger partial charge in [-0.15, -0.1) is 0 Å². The van der Waals surface area contributed by atoms with Crippen molar-refractivity contribution in [2.24, 2.45) is 5.73 Å². The van der Waals surface area contributed by atoms with E-state index in [1.54, 1.807) is 13.0 Å². The molecule has 0 aliphatic carbocycles. The quantitative estimate of drug-likeness (QED) is 0.771. The minimum atomic E-state index is -0.708. The summed E-state index contributed by atoms with van der Waals surface area (Å²) in [4.78, 5) is 0. The van der Waals surface area contributed by atoms with Crippen LogP contribution in [0.25, 0.3) is 0 Å². The summed E-state index contributed by atoms with van der Waals surface area (Å²) in [7, 11) is 0. The van der Waals surface area contributed by atoms with Crippen LogP contribution in [0.5, 0.6) is 0 Å². The van der Waals surface area contributed by atoms with Gasteiger partial charge in [0.15, 0.2) is 0 Å². The van der Waals surface area contributed by atoms with E-state index in [9.17, 15) is 4.39 Å². The fourth-order valence-electron chi connectivity index (χ4n) is 0.998. The lowest BCUT2D eigenvalue weighted by Crippen LogP contribution is -2.23. The molecule has 1 aromatic carbocycles. The van der Waals surface area contributed by atoms with Gasteiger partial charge in [-0.25, -0.2) is 4.39 Å². The molecule has 1 unspecified atom stereocenters. The lowest BCUT2D eigenvalue weighted by atomic mass is 10.0. The van der Waals surface area contributed by atoms with Crippen LogP contribution in [-0.4, -0.2) is 11.2 Å². The maximum Gasteiger partial charge on any atom is 0.142 e. The summed E-state index contributed by atoms with van der Waals surface area (Å²) in [6.45, 7) is 1.55. The van der Waals surface area contributed by atoms with Crippen LogP contribution in [0.1, 0.15) is 18.5 Å². The predicted octanol–water partition coefficient (Wildman–Crippen LogP) is 1.86. The first-order valence-electron chi connectivity index (χ1n) is 3.91. The first kappa shape index (κ1) is 10.4. The van der Waals surface area contributed by atoms with Gasteiger partial charge in [0.25, 0.3) is 0 Å². The molecule has 0 aliphatic rings. The average molecular weight is 204 g/mol. The number of nitrogens with two attached hydrogens (primary N) is 1. The molecule has 0 aliphatic heterocycles. The summed E-state index contributed by atoms with van der Waals surface area (Å²) in [5, 5.41) is 9.21. The molecule has 3 N–H and O–H groups in total. The van der Waals surface area contributed by atoms with Crippen molar-refractivity contribution in [2.45, 2.75) is 19.1 Å². The van der Waals surface area contributed by atoms with Crippen molar-refractivity contribution in [3.05, 3.63) is 34.6 Å². The van der Waals surface area contributed by atoms with E-state index < -0.39 is 18.0 Å². The third-order valence-corrected chi connectivity index (χ3v) is 2.15. The number of aliphatic hydroxyl groups is 1. The number of hydrogen-bond donors (Lipinski definition) is 2. The molecule has 0 radical (unpaired) electrons. The SMILES string of the molecule is CC(O)[C@@H](N)c1ccc(Cl)c(F)c1. The molecule has 0 heterocycles. The van der Waals surface area contributed by atoms with Crippen molar-refractivity contribution >= 4 is 11.6 Å². The monoisotopic (exact) mass is 203 g/mol. The maximum atomic E-state index is 12.9. The van der Waals surface area contributed by atoms with Gasteiger partial charge in [0.05, 0.1) is 17.2 Å². The minimum absolute atomic E-state index is 0.0570. The van der Waals surface area contributed by atoms with Crippen LogP contribution in [-0.2, 0) is 0 Å². The van der Waals surface area contributed by atoms with E-state index in [4.69, 9.17) is 22.4 Å². The summed E-state index contributed by atoms with van der Waals surface area (Å²) < 4.78 is 12.9. The van der Waals surface area contributed by atoms with Crippen molar-refractivity contribution < 1.29 is 9.50 Å². The summed E-state index contributed by atoms with van der Waals surface area (Å²) in [5.41, 5.74) is 6.14. The minimum Gasteiger partial charge on any atom is -0.391 e. The molecule has 4 heteroatoms. The Bertz CT molecular complexity index is 304. The Morgan fingerprint density at radius 2 is 2.15 bits per heavy atom.